The van der Waals surface area contributed by atoms with Crippen LogP contribution in [0.4, 0.5) is 0 Å². The average Bonchev–Trinajstić information content (AvgIpc) is 2.95. The summed E-state index contributed by atoms with van der Waals surface area (Å²) in [6.45, 7) is 11.2. The fraction of sp³-hybridized carbons (Fsp3) is 0.688. The summed E-state index contributed by atoms with van der Waals surface area (Å²) in [6, 6.07) is 0. The van der Waals surface area contributed by atoms with Gasteiger partial charge in [-0.3, -0.25) is 14.3 Å². The van der Waals surface area contributed by atoms with Crippen LogP contribution in [0.2, 0.25) is 5.02 Å². The maximum absolute atomic E-state index is 12.3. The molecule has 1 aromatic heterocycles. The van der Waals surface area contributed by atoms with Crippen molar-refractivity contribution in [3.63, 3.8) is 0 Å². The van der Waals surface area contributed by atoms with Gasteiger partial charge in [0.25, 0.3) is 0 Å². The van der Waals surface area contributed by atoms with Gasteiger partial charge in [0.2, 0.25) is 11.8 Å². The minimum absolute atomic E-state index is 0.0444. The lowest BCUT2D eigenvalue weighted by Crippen LogP contribution is -2.43. The Morgan fingerprint density at radius 1 is 1.39 bits per heavy atom. The SMILES string of the molecule is Cc1nn(CCNC(=O)[C@H]2CC(=O)N(C(C)(C)C)C2)c(C)c1Cl. The van der Waals surface area contributed by atoms with E-state index in [1.54, 1.807) is 9.58 Å². The predicted molar refractivity (Wildman–Crippen MR) is 89.3 cm³/mol. The number of aryl methyl sites for hydroxylation is 1. The van der Waals surface area contributed by atoms with Gasteiger partial charge in [-0.1, -0.05) is 11.6 Å². The molecule has 1 fully saturated rings. The molecule has 0 radical (unpaired) electrons. The zero-order valence-corrected chi connectivity index (χ0v) is 15.2. The monoisotopic (exact) mass is 340 g/mol. The summed E-state index contributed by atoms with van der Waals surface area (Å²) in [6.07, 6.45) is 0.287. The zero-order chi connectivity index (χ0) is 17.4. The van der Waals surface area contributed by atoms with Crippen molar-refractivity contribution < 1.29 is 9.59 Å². The quantitative estimate of drug-likeness (QED) is 0.910. The van der Waals surface area contributed by atoms with Crippen LogP contribution in [0.1, 0.15) is 38.6 Å². The van der Waals surface area contributed by atoms with Crippen molar-refractivity contribution >= 4 is 23.4 Å². The van der Waals surface area contributed by atoms with Gasteiger partial charge in [-0.05, 0) is 34.6 Å². The van der Waals surface area contributed by atoms with Crippen LogP contribution in [0.3, 0.4) is 0 Å². The molecule has 7 heteroatoms. The Kier molecular flexibility index (Phi) is 5.04. The first-order valence-corrected chi connectivity index (χ1v) is 8.26. The molecule has 0 unspecified atom stereocenters. The second kappa shape index (κ2) is 6.51. The van der Waals surface area contributed by atoms with E-state index in [0.29, 0.717) is 24.7 Å². The number of hydrogen-bond donors (Lipinski definition) is 1. The number of likely N-dealkylation sites (tertiary alicyclic amines) is 1. The number of carbonyl (C=O) groups is 2. The minimum atomic E-state index is -0.272. The van der Waals surface area contributed by atoms with Gasteiger partial charge < -0.3 is 10.2 Å². The first-order chi connectivity index (χ1) is 10.6. The first-order valence-electron chi connectivity index (χ1n) is 7.89. The predicted octanol–water partition coefficient (Wildman–Crippen LogP) is 1.92. The fourth-order valence-corrected chi connectivity index (χ4v) is 2.99. The van der Waals surface area contributed by atoms with Crippen molar-refractivity contribution in [2.24, 2.45) is 5.92 Å². The highest BCUT2D eigenvalue weighted by Gasteiger charge is 2.39. The van der Waals surface area contributed by atoms with Crippen molar-refractivity contribution in [3.05, 3.63) is 16.4 Å². The summed E-state index contributed by atoms with van der Waals surface area (Å²) in [5.74, 6) is -0.300. The third kappa shape index (κ3) is 3.86. The molecule has 1 aliphatic rings. The number of aromatic nitrogens is 2. The summed E-state index contributed by atoms with van der Waals surface area (Å²) >= 11 is 6.10. The summed E-state index contributed by atoms with van der Waals surface area (Å²) in [5, 5.41) is 7.90. The average molecular weight is 341 g/mol. The van der Waals surface area contributed by atoms with Gasteiger partial charge in [-0.15, -0.1) is 0 Å². The lowest BCUT2D eigenvalue weighted by atomic mass is 10.1. The molecular weight excluding hydrogens is 316 g/mol. The lowest BCUT2D eigenvalue weighted by molar-refractivity contribution is -0.132. The summed E-state index contributed by atoms with van der Waals surface area (Å²) in [4.78, 5) is 26.1. The minimum Gasteiger partial charge on any atom is -0.354 e. The molecule has 128 valence electrons. The summed E-state index contributed by atoms with van der Waals surface area (Å²) < 4.78 is 1.79. The Labute approximate surface area is 142 Å². The Morgan fingerprint density at radius 2 is 2.04 bits per heavy atom. The van der Waals surface area contributed by atoms with Crippen LogP contribution in [0.5, 0.6) is 0 Å². The molecule has 0 aromatic carbocycles. The smallest absolute Gasteiger partial charge is 0.225 e. The van der Waals surface area contributed by atoms with Crippen molar-refractivity contribution in [1.82, 2.24) is 20.0 Å². The van der Waals surface area contributed by atoms with E-state index < -0.39 is 0 Å². The lowest BCUT2D eigenvalue weighted by Gasteiger charge is -2.31. The third-order valence-corrected chi connectivity index (χ3v) is 4.77. The van der Waals surface area contributed by atoms with E-state index in [1.165, 1.54) is 0 Å². The molecule has 1 aliphatic heterocycles. The molecule has 1 atom stereocenters. The normalized spacial score (nSPS) is 18.6. The van der Waals surface area contributed by atoms with E-state index in [-0.39, 0.29) is 29.7 Å². The van der Waals surface area contributed by atoms with Crippen LogP contribution in [-0.4, -0.2) is 45.1 Å². The molecule has 0 aliphatic carbocycles. The van der Waals surface area contributed by atoms with E-state index in [1.807, 2.05) is 34.6 Å². The topological polar surface area (TPSA) is 67.2 Å². The Bertz CT molecular complexity index is 618. The number of nitrogens with one attached hydrogen (secondary N) is 1. The van der Waals surface area contributed by atoms with E-state index in [9.17, 15) is 9.59 Å². The fourth-order valence-electron chi connectivity index (χ4n) is 2.85. The van der Waals surface area contributed by atoms with Gasteiger partial charge >= 0.3 is 0 Å². The van der Waals surface area contributed by atoms with Gasteiger partial charge in [0.15, 0.2) is 0 Å². The maximum Gasteiger partial charge on any atom is 0.225 e. The number of hydrogen-bond acceptors (Lipinski definition) is 3. The zero-order valence-electron chi connectivity index (χ0n) is 14.4. The van der Waals surface area contributed by atoms with Gasteiger partial charge in [0, 0.05) is 25.0 Å². The number of nitrogens with zero attached hydrogens (tertiary/aromatic N) is 3. The van der Waals surface area contributed by atoms with E-state index in [4.69, 9.17) is 11.6 Å². The van der Waals surface area contributed by atoms with Crippen LogP contribution >= 0.6 is 11.6 Å². The molecule has 0 saturated carbocycles. The van der Waals surface area contributed by atoms with Crippen LogP contribution in [0.15, 0.2) is 0 Å². The van der Waals surface area contributed by atoms with Crippen LogP contribution in [-0.2, 0) is 16.1 Å². The number of carbonyl (C=O) groups excluding carboxylic acids is 2. The number of rotatable bonds is 4. The first kappa shape index (κ1) is 17.8. The molecule has 2 rings (SSSR count). The molecule has 6 nitrogen and oxygen atoms in total. The number of halogens is 1. The molecule has 0 bridgehead atoms. The highest BCUT2D eigenvalue weighted by molar-refractivity contribution is 6.31. The van der Waals surface area contributed by atoms with Crippen molar-refractivity contribution in [1.29, 1.82) is 0 Å². The Balaban J connectivity index is 1.86. The molecule has 1 aromatic rings. The van der Waals surface area contributed by atoms with Crippen LogP contribution in [0, 0.1) is 19.8 Å². The molecule has 0 spiro atoms. The largest absolute Gasteiger partial charge is 0.354 e. The van der Waals surface area contributed by atoms with E-state index in [0.717, 1.165) is 11.4 Å². The van der Waals surface area contributed by atoms with Crippen LogP contribution < -0.4 is 5.32 Å². The van der Waals surface area contributed by atoms with Gasteiger partial charge in [0.05, 0.1) is 28.9 Å². The second-order valence-corrected chi connectivity index (χ2v) is 7.45. The Hall–Kier alpha value is -1.56. The van der Waals surface area contributed by atoms with E-state index >= 15 is 0 Å². The van der Waals surface area contributed by atoms with Crippen molar-refractivity contribution in [3.8, 4) is 0 Å². The standard InChI is InChI=1S/C16H25ClN4O2/c1-10-14(17)11(2)21(19-10)7-6-18-15(23)12-8-13(22)20(9-12)16(3,4)5/h12H,6-9H2,1-5H3,(H,18,23)/t12-/m0/s1. The maximum atomic E-state index is 12.3. The summed E-state index contributed by atoms with van der Waals surface area (Å²) in [7, 11) is 0. The van der Waals surface area contributed by atoms with Gasteiger partial charge in [-0.25, -0.2) is 0 Å². The van der Waals surface area contributed by atoms with Gasteiger partial charge in [-0.2, -0.15) is 5.10 Å². The number of amides is 2. The van der Waals surface area contributed by atoms with Gasteiger partial charge in [0.1, 0.15) is 0 Å². The highest BCUT2D eigenvalue weighted by atomic mass is 35.5. The van der Waals surface area contributed by atoms with Crippen molar-refractivity contribution in [2.45, 2.75) is 53.1 Å². The van der Waals surface area contributed by atoms with Crippen molar-refractivity contribution in [2.75, 3.05) is 13.1 Å². The molecular formula is C16H25ClN4O2. The molecule has 2 amide bonds. The molecule has 23 heavy (non-hydrogen) atoms. The summed E-state index contributed by atoms with van der Waals surface area (Å²) in [5.41, 5.74) is 1.44. The molecule has 2 heterocycles. The van der Waals surface area contributed by atoms with E-state index in [2.05, 4.69) is 10.4 Å². The van der Waals surface area contributed by atoms with Crippen LogP contribution in [0.25, 0.3) is 0 Å². The second-order valence-electron chi connectivity index (χ2n) is 7.08. The molecule has 1 N–H and O–H groups in total. The highest BCUT2D eigenvalue weighted by Crippen LogP contribution is 2.25. The molecule has 1 saturated heterocycles. The Morgan fingerprint density at radius 3 is 2.52 bits per heavy atom. The third-order valence-electron chi connectivity index (χ3n) is 4.22.